The summed E-state index contributed by atoms with van der Waals surface area (Å²) in [5.74, 6) is 0. The van der Waals surface area contributed by atoms with E-state index in [1.807, 2.05) is 13.8 Å². The Morgan fingerprint density at radius 2 is 1.59 bits per heavy atom. The molecule has 0 N–H and O–H groups in total. The van der Waals surface area contributed by atoms with Crippen molar-refractivity contribution >= 4 is 12.1 Å². The molecule has 100 valence electrons. The van der Waals surface area contributed by atoms with Crippen LogP contribution in [0.1, 0.15) is 20.3 Å². The predicted molar refractivity (Wildman–Crippen MR) is 64.8 cm³/mol. The highest BCUT2D eigenvalue weighted by molar-refractivity contribution is 5.74. The van der Waals surface area contributed by atoms with Crippen molar-refractivity contribution in [3.05, 3.63) is 4.91 Å². The number of nitroso groups, excluding NO2 is 1. The first kappa shape index (κ1) is 17.7. The lowest BCUT2D eigenvalue weighted by atomic mass is 10.4. The van der Waals surface area contributed by atoms with E-state index in [4.69, 9.17) is 0 Å². The Labute approximate surface area is 102 Å². The monoisotopic (exact) mass is 247 g/mol. The number of carbonyl (C=O) groups excluding carboxylic acids is 2. The lowest BCUT2D eigenvalue weighted by molar-refractivity contribution is 0.132. The summed E-state index contributed by atoms with van der Waals surface area (Å²) in [4.78, 5) is 34.1. The maximum atomic E-state index is 10.9. The summed E-state index contributed by atoms with van der Waals surface area (Å²) in [6.07, 6.45) is 0.126. The van der Waals surface area contributed by atoms with Crippen LogP contribution in [0, 0.1) is 4.91 Å². The molecule has 0 bridgehead atoms. The Balaban J connectivity index is 0. The number of hydrogen-bond acceptors (Lipinski definition) is 4. The van der Waals surface area contributed by atoms with Gasteiger partial charge in [0.05, 0.1) is 7.11 Å². The molecule has 3 amide bonds. The summed E-state index contributed by atoms with van der Waals surface area (Å²) in [6, 6.07) is -0.810. The second kappa shape index (κ2) is 10.8. The number of ether oxygens (including phenoxy) is 1. The summed E-state index contributed by atoms with van der Waals surface area (Å²) in [5, 5.41) is 2.27. The van der Waals surface area contributed by atoms with Crippen molar-refractivity contribution in [2.45, 2.75) is 20.3 Å². The molecule has 0 aliphatic heterocycles. The van der Waals surface area contributed by atoms with Gasteiger partial charge in [0.15, 0.2) is 0 Å². The van der Waals surface area contributed by atoms with E-state index in [2.05, 4.69) is 9.91 Å². The summed E-state index contributed by atoms with van der Waals surface area (Å²) in [6.45, 7) is 4.81. The molecule has 0 aromatic carbocycles. The Morgan fingerprint density at radius 3 is 2.00 bits per heavy atom. The highest BCUT2D eigenvalue weighted by Gasteiger charge is 2.10. The Hall–Kier alpha value is -1.66. The van der Waals surface area contributed by atoms with Crippen molar-refractivity contribution < 1.29 is 14.3 Å². The van der Waals surface area contributed by atoms with Crippen LogP contribution in [-0.2, 0) is 4.74 Å². The van der Waals surface area contributed by atoms with Gasteiger partial charge in [-0.25, -0.2) is 9.59 Å². The first-order chi connectivity index (χ1) is 8.02. The molecule has 7 heteroatoms. The van der Waals surface area contributed by atoms with E-state index >= 15 is 0 Å². The molecule has 0 rings (SSSR count). The zero-order chi connectivity index (χ0) is 13.8. The number of methoxy groups -OCH3 is 1. The van der Waals surface area contributed by atoms with Crippen molar-refractivity contribution in [3.8, 4) is 0 Å². The molecule has 0 unspecified atom stereocenters. The third-order valence-electron chi connectivity index (χ3n) is 1.88. The lowest BCUT2D eigenvalue weighted by Crippen LogP contribution is -2.31. The second-order valence-electron chi connectivity index (χ2n) is 3.04. The molecule has 17 heavy (non-hydrogen) atoms. The Morgan fingerprint density at radius 1 is 1.12 bits per heavy atom. The standard InChI is InChI=1S/C8H15N3O4.C2H6/c1-10(7(12)9-14)5-4-6-11(2)8(13)15-3;1-2/h4-6H2,1-3H3;1-2H3. The Kier molecular flexibility index (Phi) is 11.3. The lowest BCUT2D eigenvalue weighted by Gasteiger charge is -2.17. The van der Waals surface area contributed by atoms with Crippen molar-refractivity contribution in [2.24, 2.45) is 5.18 Å². The quantitative estimate of drug-likeness (QED) is 0.711. The minimum absolute atomic E-state index is 0.367. The molecule has 0 aromatic heterocycles. The van der Waals surface area contributed by atoms with Crippen LogP contribution in [0.2, 0.25) is 0 Å². The van der Waals surface area contributed by atoms with Gasteiger partial charge in [-0.3, -0.25) is 0 Å². The van der Waals surface area contributed by atoms with Gasteiger partial charge in [0.2, 0.25) is 0 Å². The van der Waals surface area contributed by atoms with Gasteiger partial charge in [-0.2, -0.15) is 0 Å². The van der Waals surface area contributed by atoms with Gasteiger partial charge < -0.3 is 14.5 Å². The van der Waals surface area contributed by atoms with E-state index < -0.39 is 12.1 Å². The maximum Gasteiger partial charge on any atom is 0.409 e. The molecule has 0 saturated carbocycles. The normalized spacial score (nSPS) is 8.53. The fraction of sp³-hybridized carbons (Fsp3) is 0.800. The molecule has 7 nitrogen and oxygen atoms in total. The number of urea groups is 1. The van der Waals surface area contributed by atoms with E-state index in [0.29, 0.717) is 19.5 Å². The second-order valence-corrected chi connectivity index (χ2v) is 3.04. The van der Waals surface area contributed by atoms with E-state index in [1.54, 1.807) is 7.05 Å². The summed E-state index contributed by atoms with van der Waals surface area (Å²) in [7, 11) is 4.36. The van der Waals surface area contributed by atoms with Gasteiger partial charge in [-0.1, -0.05) is 13.8 Å². The van der Waals surface area contributed by atoms with Crippen LogP contribution in [0.3, 0.4) is 0 Å². The maximum absolute atomic E-state index is 10.9. The average molecular weight is 247 g/mol. The fourth-order valence-electron chi connectivity index (χ4n) is 0.958. The molecule has 0 spiro atoms. The number of rotatable bonds is 4. The van der Waals surface area contributed by atoms with E-state index in [-0.39, 0.29) is 0 Å². The zero-order valence-corrected chi connectivity index (χ0v) is 11.1. The van der Waals surface area contributed by atoms with Crippen LogP contribution in [-0.4, -0.2) is 56.2 Å². The van der Waals surface area contributed by atoms with Gasteiger partial charge in [0.25, 0.3) is 0 Å². The first-order valence-electron chi connectivity index (χ1n) is 5.40. The third kappa shape index (κ3) is 8.18. The Bertz CT molecular complexity index is 246. The molecular formula is C10H21N3O4. The van der Waals surface area contributed by atoms with Gasteiger partial charge in [-0.15, -0.1) is 4.91 Å². The van der Waals surface area contributed by atoms with Crippen molar-refractivity contribution in [2.75, 3.05) is 34.3 Å². The molecule has 0 aliphatic carbocycles. The van der Waals surface area contributed by atoms with Gasteiger partial charge in [-0.05, 0) is 6.42 Å². The number of carbonyl (C=O) groups is 2. The van der Waals surface area contributed by atoms with Gasteiger partial charge in [0, 0.05) is 32.4 Å². The van der Waals surface area contributed by atoms with Crippen LogP contribution in [0.5, 0.6) is 0 Å². The first-order valence-corrected chi connectivity index (χ1v) is 5.40. The van der Waals surface area contributed by atoms with Crippen molar-refractivity contribution in [1.82, 2.24) is 9.80 Å². The minimum Gasteiger partial charge on any atom is -0.453 e. The van der Waals surface area contributed by atoms with Crippen LogP contribution in [0.4, 0.5) is 9.59 Å². The number of nitrogens with zero attached hydrogens (tertiary/aromatic N) is 3. The minimum atomic E-state index is -0.810. The van der Waals surface area contributed by atoms with Crippen LogP contribution >= 0.6 is 0 Å². The number of amides is 3. The highest BCUT2D eigenvalue weighted by Crippen LogP contribution is 1.95. The van der Waals surface area contributed by atoms with E-state index in [9.17, 15) is 14.5 Å². The largest absolute Gasteiger partial charge is 0.453 e. The molecular weight excluding hydrogens is 226 g/mol. The molecule has 0 atom stereocenters. The van der Waals surface area contributed by atoms with Gasteiger partial charge in [0.1, 0.15) is 0 Å². The highest BCUT2D eigenvalue weighted by atomic mass is 16.5. The molecule has 0 saturated heterocycles. The van der Waals surface area contributed by atoms with Crippen molar-refractivity contribution in [3.63, 3.8) is 0 Å². The molecule has 0 fully saturated rings. The van der Waals surface area contributed by atoms with Gasteiger partial charge >= 0.3 is 12.1 Å². The summed E-state index contributed by atoms with van der Waals surface area (Å²) < 4.78 is 4.48. The molecule has 0 heterocycles. The fourth-order valence-corrected chi connectivity index (χ4v) is 0.958. The van der Waals surface area contributed by atoms with Crippen LogP contribution < -0.4 is 0 Å². The summed E-state index contributed by atoms with van der Waals surface area (Å²) in [5.41, 5.74) is 0. The smallest absolute Gasteiger partial charge is 0.409 e. The third-order valence-corrected chi connectivity index (χ3v) is 1.88. The molecule has 0 aromatic rings. The predicted octanol–water partition coefficient (Wildman–Crippen LogP) is 1.92. The van der Waals surface area contributed by atoms with E-state index in [0.717, 1.165) is 0 Å². The average Bonchev–Trinajstić information content (AvgIpc) is 2.38. The van der Waals surface area contributed by atoms with Crippen LogP contribution in [0.25, 0.3) is 0 Å². The molecule has 0 aliphatic rings. The van der Waals surface area contributed by atoms with Crippen molar-refractivity contribution in [1.29, 1.82) is 0 Å². The summed E-state index contributed by atoms with van der Waals surface area (Å²) >= 11 is 0. The topological polar surface area (TPSA) is 79.3 Å². The van der Waals surface area contributed by atoms with Crippen LogP contribution in [0.15, 0.2) is 5.18 Å². The number of hydrogen-bond donors (Lipinski definition) is 0. The van der Waals surface area contributed by atoms with E-state index in [1.165, 1.54) is 24.0 Å². The molecule has 0 radical (unpaired) electrons. The SMILES string of the molecule is CC.COC(=O)N(C)CCCN(C)C(=O)N=O. The zero-order valence-electron chi connectivity index (χ0n) is 11.1.